The zero-order valence-corrected chi connectivity index (χ0v) is 11.1. The van der Waals surface area contributed by atoms with E-state index in [1.54, 1.807) is 6.07 Å². The van der Waals surface area contributed by atoms with Crippen molar-refractivity contribution in [1.82, 2.24) is 0 Å². The molecule has 0 amide bonds. The summed E-state index contributed by atoms with van der Waals surface area (Å²) >= 11 is 0. The molecule has 0 aliphatic carbocycles. The minimum atomic E-state index is -0.520. The van der Waals surface area contributed by atoms with Crippen molar-refractivity contribution in [3.63, 3.8) is 0 Å². The van der Waals surface area contributed by atoms with Gasteiger partial charge in [0, 0.05) is 18.2 Å². The van der Waals surface area contributed by atoms with Crippen LogP contribution in [-0.2, 0) is 0 Å². The number of nitrogens with zero attached hydrogens (tertiary/aromatic N) is 2. The van der Waals surface area contributed by atoms with Crippen molar-refractivity contribution in [2.75, 3.05) is 12.3 Å². The molecule has 1 aromatic carbocycles. The number of nitrogens with two attached hydrogens (primary N) is 2. The van der Waals surface area contributed by atoms with Crippen LogP contribution in [0.1, 0.15) is 38.2 Å². The normalized spacial score (nSPS) is 11.5. The van der Waals surface area contributed by atoms with E-state index in [0.717, 1.165) is 12.8 Å². The van der Waals surface area contributed by atoms with Crippen molar-refractivity contribution in [2.45, 2.75) is 32.6 Å². The second kappa shape index (κ2) is 7.35. The summed E-state index contributed by atoms with van der Waals surface area (Å²) in [5.41, 5.74) is 11.9. The average molecular weight is 264 g/mol. The number of nitro benzene ring substituents is 1. The summed E-state index contributed by atoms with van der Waals surface area (Å²) in [6.45, 7) is 2.79. The molecule has 0 heterocycles. The predicted molar refractivity (Wildman–Crippen MR) is 77.2 cm³/mol. The number of hydrogen-bond acceptors (Lipinski definition) is 4. The van der Waals surface area contributed by atoms with Crippen LogP contribution in [-0.4, -0.2) is 17.3 Å². The van der Waals surface area contributed by atoms with Gasteiger partial charge < -0.3 is 11.5 Å². The molecular formula is C13H20N4O2. The van der Waals surface area contributed by atoms with Crippen LogP contribution in [0.15, 0.2) is 23.2 Å². The quantitative estimate of drug-likeness (QED) is 0.197. The summed E-state index contributed by atoms with van der Waals surface area (Å²) in [5, 5.41) is 10.8. The van der Waals surface area contributed by atoms with Crippen LogP contribution >= 0.6 is 0 Å². The number of benzene rings is 1. The summed E-state index contributed by atoms with van der Waals surface area (Å²) in [5.74, 6) is 0.319. The van der Waals surface area contributed by atoms with Crippen molar-refractivity contribution in [2.24, 2.45) is 10.7 Å². The minimum Gasteiger partial charge on any atom is -0.393 e. The molecule has 0 unspecified atom stereocenters. The van der Waals surface area contributed by atoms with Crippen LogP contribution in [0, 0.1) is 10.1 Å². The monoisotopic (exact) mass is 264 g/mol. The molecule has 0 aliphatic heterocycles. The Hall–Kier alpha value is -2.11. The third kappa shape index (κ3) is 4.57. The van der Waals surface area contributed by atoms with Crippen molar-refractivity contribution in [1.29, 1.82) is 0 Å². The number of rotatable bonds is 7. The van der Waals surface area contributed by atoms with Gasteiger partial charge in [-0.2, -0.15) is 0 Å². The standard InChI is InChI=1S/C13H20N4O2/c1-2-3-4-5-8-16-13(15)10-6-7-11(14)12(9-10)17(18)19/h6-7,9H,2-5,8,14H2,1H3,(H2,15,16). The number of nitro groups is 1. The van der Waals surface area contributed by atoms with Gasteiger partial charge in [-0.25, -0.2) is 0 Å². The average Bonchev–Trinajstić information content (AvgIpc) is 2.38. The van der Waals surface area contributed by atoms with E-state index in [4.69, 9.17) is 11.5 Å². The molecule has 104 valence electrons. The maximum absolute atomic E-state index is 10.8. The lowest BCUT2D eigenvalue weighted by molar-refractivity contribution is -0.383. The van der Waals surface area contributed by atoms with E-state index in [1.807, 2.05) is 0 Å². The Balaban J connectivity index is 2.71. The van der Waals surface area contributed by atoms with Crippen LogP contribution in [0.3, 0.4) is 0 Å². The molecule has 0 saturated heterocycles. The summed E-state index contributed by atoms with van der Waals surface area (Å²) in [6, 6.07) is 4.49. The van der Waals surface area contributed by atoms with Gasteiger partial charge in [-0.1, -0.05) is 26.2 Å². The Bertz CT molecular complexity index is 472. The minimum absolute atomic E-state index is 0.129. The van der Waals surface area contributed by atoms with E-state index in [-0.39, 0.29) is 11.4 Å². The molecule has 1 rings (SSSR count). The second-order valence-electron chi connectivity index (χ2n) is 4.36. The molecule has 0 fully saturated rings. The van der Waals surface area contributed by atoms with Crippen LogP contribution in [0.2, 0.25) is 0 Å². The molecule has 1 aromatic rings. The van der Waals surface area contributed by atoms with Gasteiger partial charge in [0.15, 0.2) is 0 Å². The molecule has 0 aromatic heterocycles. The van der Waals surface area contributed by atoms with Gasteiger partial charge in [0.2, 0.25) is 0 Å². The topological polar surface area (TPSA) is 108 Å². The zero-order chi connectivity index (χ0) is 14.3. The number of amidine groups is 1. The van der Waals surface area contributed by atoms with E-state index in [0.29, 0.717) is 17.9 Å². The molecule has 0 bridgehead atoms. The molecular weight excluding hydrogens is 244 g/mol. The van der Waals surface area contributed by atoms with Crippen LogP contribution < -0.4 is 11.5 Å². The maximum atomic E-state index is 10.8. The number of nitrogen functional groups attached to an aromatic ring is 1. The van der Waals surface area contributed by atoms with Crippen LogP contribution in [0.25, 0.3) is 0 Å². The summed E-state index contributed by atoms with van der Waals surface area (Å²) < 4.78 is 0. The Labute approximate surface area is 112 Å². The molecule has 6 heteroatoms. The van der Waals surface area contributed by atoms with E-state index in [1.165, 1.54) is 25.0 Å². The zero-order valence-electron chi connectivity index (χ0n) is 11.1. The summed E-state index contributed by atoms with van der Waals surface area (Å²) in [4.78, 5) is 14.5. The van der Waals surface area contributed by atoms with Crippen molar-refractivity contribution in [3.8, 4) is 0 Å². The lowest BCUT2D eigenvalue weighted by atomic mass is 10.1. The highest BCUT2D eigenvalue weighted by Crippen LogP contribution is 2.22. The lowest BCUT2D eigenvalue weighted by Crippen LogP contribution is -2.14. The number of aliphatic imine (C=N–C) groups is 1. The van der Waals surface area contributed by atoms with Gasteiger partial charge in [-0.05, 0) is 18.6 Å². The second-order valence-corrected chi connectivity index (χ2v) is 4.36. The van der Waals surface area contributed by atoms with Gasteiger partial charge in [0.05, 0.1) is 4.92 Å². The van der Waals surface area contributed by atoms with E-state index in [2.05, 4.69) is 11.9 Å². The first-order chi connectivity index (χ1) is 9.06. The molecule has 0 saturated carbocycles. The van der Waals surface area contributed by atoms with E-state index < -0.39 is 4.92 Å². The molecule has 19 heavy (non-hydrogen) atoms. The molecule has 0 aliphatic rings. The molecule has 4 N–H and O–H groups in total. The highest BCUT2D eigenvalue weighted by atomic mass is 16.6. The smallest absolute Gasteiger partial charge is 0.292 e. The molecule has 0 atom stereocenters. The summed E-state index contributed by atoms with van der Waals surface area (Å²) in [6.07, 6.45) is 4.45. The first kappa shape index (κ1) is 14.9. The Morgan fingerprint density at radius 2 is 2.11 bits per heavy atom. The van der Waals surface area contributed by atoms with Gasteiger partial charge in [-0.15, -0.1) is 0 Å². The highest BCUT2D eigenvalue weighted by molar-refractivity contribution is 5.98. The highest BCUT2D eigenvalue weighted by Gasteiger charge is 2.13. The summed E-state index contributed by atoms with van der Waals surface area (Å²) in [7, 11) is 0. The fourth-order valence-corrected chi connectivity index (χ4v) is 1.69. The van der Waals surface area contributed by atoms with Gasteiger partial charge in [0.25, 0.3) is 5.69 Å². The fraction of sp³-hybridized carbons (Fsp3) is 0.462. The first-order valence-electron chi connectivity index (χ1n) is 6.40. The Kier molecular flexibility index (Phi) is 5.78. The van der Waals surface area contributed by atoms with Crippen LogP contribution in [0.4, 0.5) is 11.4 Å². The van der Waals surface area contributed by atoms with Crippen molar-refractivity contribution in [3.05, 3.63) is 33.9 Å². The first-order valence-corrected chi connectivity index (χ1v) is 6.40. The molecule has 6 nitrogen and oxygen atoms in total. The molecule has 0 spiro atoms. The van der Waals surface area contributed by atoms with Crippen molar-refractivity contribution < 1.29 is 4.92 Å². The largest absolute Gasteiger partial charge is 0.393 e. The maximum Gasteiger partial charge on any atom is 0.292 e. The fourth-order valence-electron chi connectivity index (χ4n) is 1.69. The third-order valence-electron chi connectivity index (χ3n) is 2.82. The number of anilines is 1. The number of unbranched alkanes of at least 4 members (excludes halogenated alkanes) is 3. The van der Waals surface area contributed by atoms with E-state index >= 15 is 0 Å². The lowest BCUT2D eigenvalue weighted by Gasteiger charge is -2.03. The van der Waals surface area contributed by atoms with E-state index in [9.17, 15) is 10.1 Å². The van der Waals surface area contributed by atoms with Gasteiger partial charge in [0.1, 0.15) is 11.5 Å². The molecule has 0 radical (unpaired) electrons. The third-order valence-corrected chi connectivity index (χ3v) is 2.82. The van der Waals surface area contributed by atoms with Gasteiger partial charge in [-0.3, -0.25) is 15.1 Å². The van der Waals surface area contributed by atoms with Gasteiger partial charge >= 0.3 is 0 Å². The Morgan fingerprint density at radius 1 is 1.37 bits per heavy atom. The number of hydrogen-bond donors (Lipinski definition) is 2. The Morgan fingerprint density at radius 3 is 2.74 bits per heavy atom. The predicted octanol–water partition coefficient (Wildman–Crippen LogP) is 2.46. The SMILES string of the molecule is CCCCCC/N=C(\N)c1ccc(N)c([N+](=O)[O-])c1. The van der Waals surface area contributed by atoms with Crippen molar-refractivity contribution >= 4 is 17.2 Å². The van der Waals surface area contributed by atoms with Crippen LogP contribution in [0.5, 0.6) is 0 Å².